The first-order valence-electron chi connectivity index (χ1n) is 7.51. The fourth-order valence-electron chi connectivity index (χ4n) is 2.94. The molecule has 1 aromatic rings. The molecular weight excluding hydrogens is 311 g/mol. The third kappa shape index (κ3) is 3.94. The van der Waals surface area contributed by atoms with Crippen molar-refractivity contribution in [1.29, 1.82) is 0 Å². The Balaban J connectivity index is 2.22. The van der Waals surface area contributed by atoms with Crippen molar-refractivity contribution in [3.63, 3.8) is 0 Å². The molecule has 23 heavy (non-hydrogen) atoms. The van der Waals surface area contributed by atoms with Crippen molar-refractivity contribution in [1.82, 2.24) is 15.5 Å². The van der Waals surface area contributed by atoms with Crippen molar-refractivity contribution in [3.05, 3.63) is 35.1 Å². The highest BCUT2D eigenvalue weighted by atomic mass is 19.2. The zero-order valence-electron chi connectivity index (χ0n) is 12.8. The van der Waals surface area contributed by atoms with Crippen LogP contribution in [0.4, 0.5) is 18.0 Å². The first-order valence-corrected chi connectivity index (χ1v) is 7.51. The Kier molecular flexibility index (Phi) is 5.84. The zero-order chi connectivity index (χ0) is 17.0. The Labute approximate surface area is 132 Å². The molecular formula is C15H20F3N3O2. The Bertz CT molecular complexity index is 548. The fraction of sp³-hybridized carbons (Fsp3) is 0.533. The monoisotopic (exact) mass is 331 g/mol. The molecule has 5 nitrogen and oxygen atoms in total. The molecule has 1 fully saturated rings. The molecule has 128 valence electrons. The molecule has 0 spiro atoms. The molecule has 0 unspecified atom stereocenters. The second-order valence-corrected chi connectivity index (χ2v) is 5.39. The second kappa shape index (κ2) is 7.65. The van der Waals surface area contributed by atoms with Crippen LogP contribution >= 0.6 is 0 Å². The molecule has 1 aromatic carbocycles. The standard InChI is InChI=1S/C15H20F3N3O2/c1-2-21-5-3-12(20-15(23)19-4-6-22)14(21)9-7-10(16)13(18)11(17)8-9/h7-8,12,14,22H,2-6H2,1H3,(H2,19,20,23)/t12-,14+/m1/s1. The number of hydrogen-bond donors (Lipinski definition) is 3. The predicted molar refractivity (Wildman–Crippen MR) is 78.3 cm³/mol. The van der Waals surface area contributed by atoms with Crippen molar-refractivity contribution in [3.8, 4) is 0 Å². The summed E-state index contributed by atoms with van der Waals surface area (Å²) in [5, 5.41) is 13.9. The number of nitrogens with zero attached hydrogens (tertiary/aromatic N) is 1. The maximum atomic E-state index is 13.5. The summed E-state index contributed by atoms with van der Waals surface area (Å²) in [5.74, 6) is -3.99. The quantitative estimate of drug-likeness (QED) is 0.717. The van der Waals surface area contributed by atoms with Gasteiger partial charge in [-0.25, -0.2) is 18.0 Å². The number of benzene rings is 1. The van der Waals surface area contributed by atoms with Gasteiger partial charge in [-0.15, -0.1) is 0 Å². The molecule has 1 aliphatic heterocycles. The number of nitrogens with one attached hydrogen (secondary N) is 2. The third-order valence-corrected chi connectivity index (χ3v) is 3.97. The number of hydrogen-bond acceptors (Lipinski definition) is 3. The lowest BCUT2D eigenvalue weighted by Crippen LogP contribution is -2.45. The number of carbonyl (C=O) groups is 1. The van der Waals surface area contributed by atoms with Crippen LogP contribution in [0, 0.1) is 17.5 Å². The van der Waals surface area contributed by atoms with E-state index in [4.69, 9.17) is 5.11 Å². The molecule has 0 aromatic heterocycles. The van der Waals surface area contributed by atoms with Crippen LogP contribution in [0.1, 0.15) is 24.9 Å². The molecule has 0 saturated carbocycles. The smallest absolute Gasteiger partial charge is 0.315 e. The van der Waals surface area contributed by atoms with E-state index in [1.165, 1.54) is 0 Å². The SMILES string of the molecule is CCN1CC[C@@H](NC(=O)NCCO)[C@@H]1c1cc(F)c(F)c(F)c1. The molecule has 0 aliphatic carbocycles. The van der Waals surface area contributed by atoms with E-state index in [1.807, 2.05) is 11.8 Å². The van der Waals surface area contributed by atoms with Crippen LogP contribution in [0.5, 0.6) is 0 Å². The minimum atomic E-state index is -1.50. The average molecular weight is 331 g/mol. The number of aliphatic hydroxyl groups is 1. The van der Waals surface area contributed by atoms with Gasteiger partial charge < -0.3 is 15.7 Å². The minimum Gasteiger partial charge on any atom is -0.395 e. The third-order valence-electron chi connectivity index (χ3n) is 3.97. The van der Waals surface area contributed by atoms with Gasteiger partial charge in [0, 0.05) is 13.1 Å². The van der Waals surface area contributed by atoms with Gasteiger partial charge in [0.05, 0.1) is 18.7 Å². The molecule has 8 heteroatoms. The van der Waals surface area contributed by atoms with Crippen molar-refractivity contribution in [2.24, 2.45) is 0 Å². The van der Waals surface area contributed by atoms with Gasteiger partial charge in [-0.2, -0.15) is 0 Å². The maximum absolute atomic E-state index is 13.5. The summed E-state index contributed by atoms with van der Waals surface area (Å²) in [4.78, 5) is 13.7. The van der Waals surface area contributed by atoms with Gasteiger partial charge >= 0.3 is 6.03 Å². The second-order valence-electron chi connectivity index (χ2n) is 5.39. The van der Waals surface area contributed by atoms with Gasteiger partial charge in [0.15, 0.2) is 17.5 Å². The summed E-state index contributed by atoms with van der Waals surface area (Å²) in [6, 6.07) is 0.673. The van der Waals surface area contributed by atoms with Crippen LogP contribution in [0.15, 0.2) is 12.1 Å². The summed E-state index contributed by atoms with van der Waals surface area (Å²) in [6.45, 7) is 3.10. The lowest BCUT2D eigenvalue weighted by molar-refractivity contribution is 0.218. The highest BCUT2D eigenvalue weighted by Crippen LogP contribution is 2.33. The number of urea groups is 1. The van der Waals surface area contributed by atoms with Gasteiger partial charge in [0.1, 0.15) is 0 Å². The molecule has 2 rings (SSSR count). The number of halogens is 3. The minimum absolute atomic E-state index is 0.112. The van der Waals surface area contributed by atoms with Gasteiger partial charge in [0.2, 0.25) is 0 Å². The van der Waals surface area contributed by atoms with E-state index in [2.05, 4.69) is 10.6 Å². The molecule has 0 bridgehead atoms. The van der Waals surface area contributed by atoms with Crippen LogP contribution in [-0.4, -0.2) is 48.3 Å². The van der Waals surface area contributed by atoms with Gasteiger partial charge in [-0.1, -0.05) is 6.92 Å². The molecule has 0 radical (unpaired) electrons. The molecule has 1 aliphatic rings. The summed E-state index contributed by atoms with van der Waals surface area (Å²) in [6.07, 6.45) is 0.603. The average Bonchev–Trinajstić information content (AvgIpc) is 2.92. The van der Waals surface area contributed by atoms with Crippen LogP contribution < -0.4 is 10.6 Å². The molecule has 1 saturated heterocycles. The first-order chi connectivity index (χ1) is 11.0. The number of aliphatic hydroxyl groups excluding tert-OH is 1. The fourth-order valence-corrected chi connectivity index (χ4v) is 2.94. The number of rotatable bonds is 5. The van der Waals surface area contributed by atoms with Crippen LogP contribution in [0.3, 0.4) is 0 Å². The highest BCUT2D eigenvalue weighted by molar-refractivity contribution is 5.74. The van der Waals surface area contributed by atoms with E-state index in [0.29, 0.717) is 19.5 Å². The summed E-state index contributed by atoms with van der Waals surface area (Å²) >= 11 is 0. The van der Waals surface area contributed by atoms with E-state index in [-0.39, 0.29) is 24.8 Å². The zero-order valence-corrected chi connectivity index (χ0v) is 12.8. The summed E-state index contributed by atoms with van der Waals surface area (Å²) in [5.41, 5.74) is 0.285. The Hall–Kier alpha value is -1.80. The van der Waals surface area contributed by atoms with E-state index >= 15 is 0 Å². The number of carbonyl (C=O) groups excluding carboxylic acids is 1. The Morgan fingerprint density at radius 3 is 2.57 bits per heavy atom. The first kappa shape index (κ1) is 17.6. The van der Waals surface area contributed by atoms with Gasteiger partial charge in [-0.05, 0) is 30.7 Å². The molecule has 2 atom stereocenters. The Morgan fingerprint density at radius 1 is 1.35 bits per heavy atom. The maximum Gasteiger partial charge on any atom is 0.315 e. The van der Waals surface area contributed by atoms with E-state index in [1.54, 1.807) is 0 Å². The molecule has 3 N–H and O–H groups in total. The van der Waals surface area contributed by atoms with E-state index in [9.17, 15) is 18.0 Å². The van der Waals surface area contributed by atoms with Crippen LogP contribution in [0.25, 0.3) is 0 Å². The summed E-state index contributed by atoms with van der Waals surface area (Å²) < 4.78 is 40.2. The number of likely N-dealkylation sites (N-methyl/N-ethyl adjacent to an activating group) is 1. The van der Waals surface area contributed by atoms with E-state index in [0.717, 1.165) is 12.1 Å². The van der Waals surface area contributed by atoms with Crippen LogP contribution in [-0.2, 0) is 0 Å². The molecule has 2 amide bonds. The number of likely N-dealkylation sites (tertiary alicyclic amines) is 1. The normalized spacial score (nSPS) is 21.4. The number of amides is 2. The lowest BCUT2D eigenvalue weighted by atomic mass is 9.99. The van der Waals surface area contributed by atoms with Gasteiger partial charge in [-0.3, -0.25) is 4.90 Å². The molecule has 1 heterocycles. The largest absolute Gasteiger partial charge is 0.395 e. The van der Waals surface area contributed by atoms with E-state index < -0.39 is 29.5 Å². The van der Waals surface area contributed by atoms with Crippen molar-refractivity contribution in [2.45, 2.75) is 25.4 Å². The summed E-state index contributed by atoms with van der Waals surface area (Å²) in [7, 11) is 0. The lowest BCUT2D eigenvalue weighted by Gasteiger charge is -2.28. The Morgan fingerprint density at radius 2 is 2.00 bits per heavy atom. The van der Waals surface area contributed by atoms with Crippen molar-refractivity contribution < 1.29 is 23.1 Å². The van der Waals surface area contributed by atoms with Crippen molar-refractivity contribution in [2.75, 3.05) is 26.2 Å². The highest BCUT2D eigenvalue weighted by Gasteiger charge is 2.36. The van der Waals surface area contributed by atoms with Crippen LogP contribution in [0.2, 0.25) is 0 Å². The predicted octanol–water partition coefficient (Wildman–Crippen LogP) is 1.53. The topological polar surface area (TPSA) is 64.6 Å². The van der Waals surface area contributed by atoms with Gasteiger partial charge in [0.25, 0.3) is 0 Å². The van der Waals surface area contributed by atoms with Crippen molar-refractivity contribution >= 4 is 6.03 Å².